The molecular formula is C19H21ClN2O3. The summed E-state index contributed by atoms with van der Waals surface area (Å²) in [6, 6.07) is 12.0. The summed E-state index contributed by atoms with van der Waals surface area (Å²) in [6.45, 7) is 4.33. The van der Waals surface area contributed by atoms with Crippen molar-refractivity contribution in [1.82, 2.24) is 5.32 Å². The van der Waals surface area contributed by atoms with E-state index >= 15 is 0 Å². The number of ether oxygens (including phenoxy) is 1. The van der Waals surface area contributed by atoms with Crippen LogP contribution in [0.2, 0.25) is 5.02 Å². The first-order chi connectivity index (χ1) is 12.0. The number of hydrogen-bond acceptors (Lipinski definition) is 3. The zero-order valence-corrected chi connectivity index (χ0v) is 15.0. The number of rotatable bonds is 7. The Balaban J connectivity index is 1.91. The molecule has 5 nitrogen and oxygen atoms in total. The second kappa shape index (κ2) is 9.08. The molecular weight excluding hydrogens is 340 g/mol. The molecule has 6 heteroatoms. The van der Waals surface area contributed by atoms with E-state index < -0.39 is 0 Å². The lowest BCUT2D eigenvalue weighted by molar-refractivity contribution is -0.118. The van der Waals surface area contributed by atoms with Crippen LogP contribution in [0.1, 0.15) is 29.3 Å². The molecule has 0 aliphatic rings. The third kappa shape index (κ3) is 5.80. The van der Waals surface area contributed by atoms with Crippen LogP contribution in [0.25, 0.3) is 0 Å². The van der Waals surface area contributed by atoms with Gasteiger partial charge in [-0.3, -0.25) is 9.59 Å². The third-order valence-corrected chi connectivity index (χ3v) is 3.87. The maximum Gasteiger partial charge on any atom is 0.262 e. The second-order valence-electron chi connectivity index (χ2n) is 5.58. The van der Waals surface area contributed by atoms with Crippen molar-refractivity contribution < 1.29 is 14.3 Å². The van der Waals surface area contributed by atoms with Crippen LogP contribution < -0.4 is 15.4 Å². The van der Waals surface area contributed by atoms with Crippen molar-refractivity contribution in [3.05, 3.63) is 58.6 Å². The molecule has 0 atom stereocenters. The quantitative estimate of drug-likeness (QED) is 0.789. The number of carbonyl (C=O) groups is 2. The molecule has 0 fully saturated rings. The van der Waals surface area contributed by atoms with E-state index in [9.17, 15) is 9.59 Å². The molecule has 0 aliphatic carbocycles. The number of carbonyl (C=O) groups excluding carboxylic acids is 2. The number of nitrogens with one attached hydrogen (secondary N) is 2. The Morgan fingerprint density at radius 3 is 2.68 bits per heavy atom. The largest absolute Gasteiger partial charge is 0.484 e. The number of halogens is 1. The molecule has 0 aliphatic heterocycles. The van der Waals surface area contributed by atoms with E-state index in [0.29, 0.717) is 28.6 Å². The Hall–Kier alpha value is -2.53. The highest BCUT2D eigenvalue weighted by atomic mass is 35.5. The highest BCUT2D eigenvalue weighted by Crippen LogP contribution is 2.21. The minimum Gasteiger partial charge on any atom is -0.484 e. The molecule has 0 spiro atoms. The number of hydrogen-bond donors (Lipinski definition) is 2. The van der Waals surface area contributed by atoms with Crippen LogP contribution in [0.4, 0.5) is 5.69 Å². The van der Waals surface area contributed by atoms with Gasteiger partial charge in [0.15, 0.2) is 6.61 Å². The van der Waals surface area contributed by atoms with Crippen molar-refractivity contribution >= 4 is 29.1 Å². The summed E-state index contributed by atoms with van der Waals surface area (Å²) in [5, 5.41) is 6.17. The van der Waals surface area contributed by atoms with E-state index in [1.807, 2.05) is 13.8 Å². The van der Waals surface area contributed by atoms with Crippen LogP contribution in [-0.4, -0.2) is 25.0 Å². The van der Waals surface area contributed by atoms with Gasteiger partial charge in [-0.1, -0.05) is 24.6 Å². The van der Waals surface area contributed by atoms with Crippen molar-refractivity contribution in [2.75, 3.05) is 18.5 Å². The first kappa shape index (κ1) is 18.8. The maximum absolute atomic E-state index is 12.0. The minimum absolute atomic E-state index is 0.132. The van der Waals surface area contributed by atoms with Crippen LogP contribution in [-0.2, 0) is 4.79 Å². The fourth-order valence-electron chi connectivity index (χ4n) is 2.13. The fourth-order valence-corrected chi connectivity index (χ4v) is 2.25. The van der Waals surface area contributed by atoms with E-state index in [1.54, 1.807) is 42.5 Å². The van der Waals surface area contributed by atoms with Crippen LogP contribution in [0.3, 0.4) is 0 Å². The smallest absolute Gasteiger partial charge is 0.262 e. The van der Waals surface area contributed by atoms with Crippen molar-refractivity contribution in [3.63, 3.8) is 0 Å². The van der Waals surface area contributed by atoms with Crippen molar-refractivity contribution in [3.8, 4) is 5.75 Å². The second-order valence-corrected chi connectivity index (χ2v) is 5.99. The summed E-state index contributed by atoms with van der Waals surface area (Å²) >= 11 is 5.96. The number of anilines is 1. The van der Waals surface area contributed by atoms with Crippen molar-refractivity contribution in [1.29, 1.82) is 0 Å². The van der Waals surface area contributed by atoms with Gasteiger partial charge in [-0.15, -0.1) is 0 Å². The molecule has 0 unspecified atom stereocenters. The predicted molar refractivity (Wildman–Crippen MR) is 99.4 cm³/mol. The van der Waals surface area contributed by atoms with Crippen LogP contribution >= 0.6 is 11.6 Å². The molecule has 0 radical (unpaired) electrons. The molecule has 25 heavy (non-hydrogen) atoms. The average Bonchev–Trinajstić information content (AvgIpc) is 2.61. The van der Waals surface area contributed by atoms with Gasteiger partial charge in [0, 0.05) is 22.8 Å². The molecule has 0 saturated carbocycles. The van der Waals surface area contributed by atoms with Crippen LogP contribution in [0.15, 0.2) is 42.5 Å². The molecule has 0 saturated heterocycles. The number of aryl methyl sites for hydroxylation is 1. The van der Waals surface area contributed by atoms with Gasteiger partial charge < -0.3 is 15.4 Å². The van der Waals surface area contributed by atoms with Gasteiger partial charge in [0.25, 0.3) is 11.8 Å². The van der Waals surface area contributed by atoms with Gasteiger partial charge >= 0.3 is 0 Å². The summed E-state index contributed by atoms with van der Waals surface area (Å²) in [4.78, 5) is 24.0. The average molecular weight is 361 g/mol. The van der Waals surface area contributed by atoms with Crippen LogP contribution in [0, 0.1) is 6.92 Å². The molecule has 0 aromatic heterocycles. The topological polar surface area (TPSA) is 67.4 Å². The Morgan fingerprint density at radius 2 is 1.96 bits per heavy atom. The van der Waals surface area contributed by atoms with Gasteiger partial charge in [0.05, 0.1) is 0 Å². The normalized spacial score (nSPS) is 10.2. The Kier molecular flexibility index (Phi) is 6.83. The first-order valence-corrected chi connectivity index (χ1v) is 8.44. The lowest BCUT2D eigenvalue weighted by Crippen LogP contribution is -2.24. The Bertz CT molecular complexity index is 762. The van der Waals surface area contributed by atoms with E-state index in [1.165, 1.54) is 0 Å². The zero-order valence-electron chi connectivity index (χ0n) is 14.3. The highest BCUT2D eigenvalue weighted by Gasteiger charge is 2.08. The molecule has 2 aromatic rings. The summed E-state index contributed by atoms with van der Waals surface area (Å²) in [5.41, 5.74) is 1.93. The van der Waals surface area contributed by atoms with Gasteiger partial charge in [0.1, 0.15) is 5.75 Å². The minimum atomic E-state index is -0.307. The van der Waals surface area contributed by atoms with Gasteiger partial charge in [-0.25, -0.2) is 0 Å². The first-order valence-electron chi connectivity index (χ1n) is 8.06. The fraction of sp³-hybridized carbons (Fsp3) is 0.263. The van der Waals surface area contributed by atoms with E-state index in [2.05, 4.69) is 10.6 Å². The summed E-state index contributed by atoms with van der Waals surface area (Å²) in [6.07, 6.45) is 0.865. The highest BCUT2D eigenvalue weighted by molar-refractivity contribution is 6.31. The predicted octanol–water partition coefficient (Wildman–Crippen LogP) is 3.81. The lowest BCUT2D eigenvalue weighted by atomic mass is 10.2. The molecule has 2 amide bonds. The van der Waals surface area contributed by atoms with Gasteiger partial charge in [0.2, 0.25) is 0 Å². The molecule has 0 heterocycles. The maximum atomic E-state index is 12.0. The molecule has 132 valence electrons. The molecule has 0 bridgehead atoms. The number of benzene rings is 2. The van der Waals surface area contributed by atoms with E-state index in [-0.39, 0.29) is 18.4 Å². The van der Waals surface area contributed by atoms with Gasteiger partial charge in [-0.05, 0) is 55.3 Å². The summed E-state index contributed by atoms with van der Waals surface area (Å²) in [5.74, 6) is 0.106. The van der Waals surface area contributed by atoms with Crippen molar-refractivity contribution in [2.45, 2.75) is 20.3 Å². The summed E-state index contributed by atoms with van der Waals surface area (Å²) < 4.78 is 5.46. The summed E-state index contributed by atoms with van der Waals surface area (Å²) in [7, 11) is 0. The Morgan fingerprint density at radius 1 is 1.16 bits per heavy atom. The lowest BCUT2D eigenvalue weighted by Gasteiger charge is -2.10. The monoisotopic (exact) mass is 360 g/mol. The standard InChI is InChI=1S/C19H21ClN2O3/c1-3-9-21-19(24)14-5-4-6-15(11-14)22-18(23)12-25-16-7-8-17(20)13(2)10-16/h4-8,10-11H,3,9,12H2,1-2H3,(H,21,24)(H,22,23). The zero-order chi connectivity index (χ0) is 18.2. The van der Waals surface area contributed by atoms with E-state index in [4.69, 9.17) is 16.3 Å². The van der Waals surface area contributed by atoms with Gasteiger partial charge in [-0.2, -0.15) is 0 Å². The molecule has 2 N–H and O–H groups in total. The molecule has 2 aromatic carbocycles. The van der Waals surface area contributed by atoms with E-state index in [0.717, 1.165) is 12.0 Å². The van der Waals surface area contributed by atoms with Crippen molar-refractivity contribution in [2.24, 2.45) is 0 Å². The van der Waals surface area contributed by atoms with Crippen LogP contribution in [0.5, 0.6) is 5.75 Å². The SMILES string of the molecule is CCCNC(=O)c1cccc(NC(=O)COc2ccc(Cl)c(C)c2)c1. The Labute approximate surface area is 152 Å². The molecule has 2 rings (SSSR count). The third-order valence-electron chi connectivity index (χ3n) is 3.44. The number of amides is 2.